The summed E-state index contributed by atoms with van der Waals surface area (Å²) in [5.74, 6) is 0.797. The van der Waals surface area contributed by atoms with Gasteiger partial charge in [0.25, 0.3) is 0 Å². The second kappa shape index (κ2) is 5.79. The first-order chi connectivity index (χ1) is 7.83. The second-order valence-corrected chi connectivity index (χ2v) is 7.08. The summed E-state index contributed by atoms with van der Waals surface area (Å²) < 4.78 is 21.9. The van der Waals surface area contributed by atoms with Crippen molar-refractivity contribution in [3.63, 3.8) is 0 Å². The average molecular weight is 295 g/mol. The number of aromatic nitrogens is 2. The predicted molar refractivity (Wildman–Crippen MR) is 67.6 cm³/mol. The first-order valence-electron chi connectivity index (χ1n) is 4.63. The van der Waals surface area contributed by atoms with Crippen LogP contribution < -0.4 is 0 Å². The van der Waals surface area contributed by atoms with Crippen LogP contribution in [0.15, 0.2) is 5.03 Å². The summed E-state index contributed by atoms with van der Waals surface area (Å²) in [7, 11) is -3.02. The van der Waals surface area contributed by atoms with E-state index in [2.05, 4.69) is 9.97 Å². The second-order valence-electron chi connectivity index (χ2n) is 3.38. The Balaban J connectivity index is 2.87. The summed E-state index contributed by atoms with van der Waals surface area (Å²) in [6.45, 7) is 1.65. The van der Waals surface area contributed by atoms with Gasteiger partial charge in [-0.3, -0.25) is 4.79 Å². The molecule has 0 N–H and O–H groups in total. The van der Waals surface area contributed by atoms with Gasteiger partial charge in [0.1, 0.15) is 25.8 Å². The van der Waals surface area contributed by atoms with Gasteiger partial charge >= 0.3 is 0 Å². The number of carbonyl (C=O) groups is 1. The van der Waals surface area contributed by atoms with E-state index in [1.54, 1.807) is 6.92 Å². The standard InChI is InChI=1S/C9H11ClN2O3S2/c1-6-11-8(10)7(5-13)9(12-6)16-3-4-17(2,14)15/h5H,3-4H2,1-2H3. The normalized spacial score (nSPS) is 11.5. The highest BCUT2D eigenvalue weighted by atomic mass is 35.5. The van der Waals surface area contributed by atoms with Crippen LogP contribution in [-0.2, 0) is 9.84 Å². The lowest BCUT2D eigenvalue weighted by Crippen LogP contribution is -2.06. The van der Waals surface area contributed by atoms with Crippen molar-refractivity contribution < 1.29 is 13.2 Å². The van der Waals surface area contributed by atoms with Crippen molar-refractivity contribution in [2.75, 3.05) is 17.8 Å². The Morgan fingerprint density at radius 3 is 2.59 bits per heavy atom. The minimum atomic E-state index is -3.02. The molecule has 0 aliphatic carbocycles. The molecule has 0 amide bonds. The molecule has 0 saturated heterocycles. The lowest BCUT2D eigenvalue weighted by Gasteiger charge is -2.05. The number of sulfone groups is 1. The van der Waals surface area contributed by atoms with Crippen LogP contribution in [0.25, 0.3) is 0 Å². The maximum atomic E-state index is 11.0. The van der Waals surface area contributed by atoms with E-state index in [-0.39, 0.29) is 16.5 Å². The van der Waals surface area contributed by atoms with Gasteiger partial charge in [-0.25, -0.2) is 18.4 Å². The molecule has 0 spiro atoms. The monoisotopic (exact) mass is 294 g/mol. The molecule has 0 saturated carbocycles. The molecule has 1 rings (SSSR count). The molecule has 17 heavy (non-hydrogen) atoms. The first-order valence-corrected chi connectivity index (χ1v) is 8.05. The van der Waals surface area contributed by atoms with E-state index in [1.165, 1.54) is 11.8 Å². The van der Waals surface area contributed by atoms with Gasteiger partial charge in [0.15, 0.2) is 6.29 Å². The molecule has 8 heteroatoms. The largest absolute Gasteiger partial charge is 0.298 e. The highest BCUT2D eigenvalue weighted by Crippen LogP contribution is 2.24. The maximum Gasteiger partial charge on any atom is 0.155 e. The van der Waals surface area contributed by atoms with Crippen LogP contribution in [0.3, 0.4) is 0 Å². The number of rotatable bonds is 5. The number of aryl methyl sites for hydroxylation is 1. The van der Waals surface area contributed by atoms with E-state index in [0.29, 0.717) is 22.9 Å². The van der Waals surface area contributed by atoms with Crippen molar-refractivity contribution in [2.45, 2.75) is 11.9 Å². The molecule has 0 unspecified atom stereocenters. The fraction of sp³-hybridized carbons (Fsp3) is 0.444. The zero-order valence-corrected chi connectivity index (χ0v) is 11.7. The van der Waals surface area contributed by atoms with Crippen molar-refractivity contribution >= 4 is 39.5 Å². The summed E-state index contributed by atoms with van der Waals surface area (Å²) in [6, 6.07) is 0. The fourth-order valence-corrected chi connectivity index (χ4v) is 3.57. The minimum Gasteiger partial charge on any atom is -0.298 e. The van der Waals surface area contributed by atoms with Crippen LogP contribution in [0, 0.1) is 6.92 Å². The fourth-order valence-electron chi connectivity index (χ4n) is 1.02. The highest BCUT2D eigenvalue weighted by Gasteiger charge is 2.12. The lowest BCUT2D eigenvalue weighted by atomic mass is 10.4. The third-order valence-corrected chi connectivity index (χ3v) is 4.27. The molecule has 5 nitrogen and oxygen atoms in total. The van der Waals surface area contributed by atoms with Gasteiger partial charge in [0.2, 0.25) is 0 Å². The van der Waals surface area contributed by atoms with E-state index >= 15 is 0 Å². The lowest BCUT2D eigenvalue weighted by molar-refractivity contribution is 0.112. The van der Waals surface area contributed by atoms with E-state index in [1.807, 2.05) is 0 Å². The minimum absolute atomic E-state index is 0.0244. The molecule has 0 bridgehead atoms. The Bertz CT molecular complexity index is 531. The van der Waals surface area contributed by atoms with Crippen molar-refractivity contribution in [3.05, 3.63) is 16.5 Å². The molecule has 0 atom stereocenters. The number of hydrogen-bond donors (Lipinski definition) is 0. The summed E-state index contributed by atoms with van der Waals surface area (Å²) in [5, 5.41) is 0.510. The van der Waals surface area contributed by atoms with Crippen LogP contribution in [0.1, 0.15) is 16.2 Å². The molecule has 0 radical (unpaired) electrons. The van der Waals surface area contributed by atoms with Crippen LogP contribution >= 0.6 is 23.4 Å². The SMILES string of the molecule is Cc1nc(Cl)c(C=O)c(SCCS(C)(=O)=O)n1. The molecule has 0 fully saturated rings. The first kappa shape index (κ1) is 14.4. The van der Waals surface area contributed by atoms with Crippen molar-refractivity contribution in [3.8, 4) is 0 Å². The number of aldehydes is 1. The van der Waals surface area contributed by atoms with E-state index in [9.17, 15) is 13.2 Å². The van der Waals surface area contributed by atoms with Crippen LogP contribution in [0.5, 0.6) is 0 Å². The molecule has 1 aromatic heterocycles. The Kier molecular flexibility index (Phi) is 4.91. The van der Waals surface area contributed by atoms with Gasteiger partial charge in [-0.2, -0.15) is 0 Å². The van der Waals surface area contributed by atoms with Gasteiger partial charge in [0.05, 0.1) is 11.3 Å². The topological polar surface area (TPSA) is 77.0 Å². The van der Waals surface area contributed by atoms with Crippen LogP contribution in [0.2, 0.25) is 5.15 Å². The third kappa shape index (κ3) is 4.61. The van der Waals surface area contributed by atoms with Crippen molar-refractivity contribution in [1.82, 2.24) is 9.97 Å². The van der Waals surface area contributed by atoms with E-state index < -0.39 is 9.84 Å². The van der Waals surface area contributed by atoms with Gasteiger partial charge in [-0.1, -0.05) is 11.6 Å². The zero-order chi connectivity index (χ0) is 13.1. The number of carbonyl (C=O) groups excluding carboxylic acids is 1. The highest BCUT2D eigenvalue weighted by molar-refractivity contribution is 8.00. The quantitative estimate of drug-likeness (QED) is 0.464. The molecule has 0 aliphatic heterocycles. The van der Waals surface area contributed by atoms with E-state index in [4.69, 9.17) is 11.6 Å². The van der Waals surface area contributed by atoms with E-state index in [0.717, 1.165) is 6.26 Å². The summed E-state index contributed by atoms with van der Waals surface area (Å²) >= 11 is 6.97. The smallest absolute Gasteiger partial charge is 0.155 e. The van der Waals surface area contributed by atoms with Crippen LogP contribution in [-0.4, -0.2) is 42.4 Å². The molecule has 1 heterocycles. The Labute approximate surface area is 109 Å². The Morgan fingerprint density at radius 2 is 2.06 bits per heavy atom. The number of hydrogen-bond acceptors (Lipinski definition) is 6. The Morgan fingerprint density at radius 1 is 1.41 bits per heavy atom. The molecule has 94 valence electrons. The molecular weight excluding hydrogens is 284 g/mol. The van der Waals surface area contributed by atoms with Crippen molar-refractivity contribution in [2.24, 2.45) is 0 Å². The molecule has 0 aliphatic rings. The number of thioether (sulfide) groups is 1. The Hall–Kier alpha value is -0.660. The average Bonchev–Trinajstić information content (AvgIpc) is 2.14. The van der Waals surface area contributed by atoms with Crippen LogP contribution in [0.4, 0.5) is 0 Å². The van der Waals surface area contributed by atoms with Gasteiger partial charge in [-0.05, 0) is 6.92 Å². The van der Waals surface area contributed by atoms with Gasteiger partial charge < -0.3 is 0 Å². The molecule has 1 aromatic rings. The van der Waals surface area contributed by atoms with Gasteiger partial charge in [0, 0.05) is 12.0 Å². The summed E-state index contributed by atoms with van der Waals surface area (Å²) in [5.41, 5.74) is 0.204. The summed E-state index contributed by atoms with van der Waals surface area (Å²) in [4.78, 5) is 18.7. The third-order valence-electron chi connectivity index (χ3n) is 1.79. The zero-order valence-electron chi connectivity index (χ0n) is 9.31. The number of nitrogens with zero attached hydrogens (tertiary/aromatic N) is 2. The summed E-state index contributed by atoms with van der Waals surface area (Å²) in [6.07, 6.45) is 1.73. The maximum absolute atomic E-state index is 11.0. The molecular formula is C9H11ClN2O3S2. The molecule has 0 aromatic carbocycles. The predicted octanol–water partition coefficient (Wildman–Crippen LogP) is 1.39. The number of halogens is 1. The van der Waals surface area contributed by atoms with Gasteiger partial charge in [-0.15, -0.1) is 11.8 Å². The van der Waals surface area contributed by atoms with Crippen molar-refractivity contribution in [1.29, 1.82) is 0 Å².